The molecule has 0 aliphatic carbocycles. The third-order valence-corrected chi connectivity index (χ3v) is 6.42. The van der Waals surface area contributed by atoms with Crippen LogP contribution >= 0.6 is 11.3 Å². The van der Waals surface area contributed by atoms with Crippen molar-refractivity contribution in [1.29, 1.82) is 0 Å². The van der Waals surface area contributed by atoms with E-state index in [0.29, 0.717) is 26.2 Å². The average molecular weight is 362 g/mol. The SMILES string of the molecule is CS(=O)(=O)N1CCN(c2c[nH]c3nccc(-c4ccsc4)c23)CC1. The molecular formula is C16H18N4O2S2. The molecule has 1 saturated heterocycles. The molecule has 0 radical (unpaired) electrons. The third kappa shape index (κ3) is 2.70. The number of thiophene rings is 1. The molecule has 3 aromatic heterocycles. The van der Waals surface area contributed by atoms with Gasteiger partial charge in [-0.2, -0.15) is 15.6 Å². The number of nitrogens with zero attached hydrogens (tertiary/aromatic N) is 3. The molecule has 0 spiro atoms. The molecule has 126 valence electrons. The molecule has 3 aromatic rings. The number of anilines is 1. The number of rotatable bonds is 3. The van der Waals surface area contributed by atoms with E-state index < -0.39 is 10.0 Å². The Morgan fingerprint density at radius 2 is 2.00 bits per heavy atom. The summed E-state index contributed by atoms with van der Waals surface area (Å²) in [6.07, 6.45) is 5.06. The Morgan fingerprint density at radius 1 is 1.21 bits per heavy atom. The predicted octanol–water partition coefficient (Wildman–Crippen LogP) is 2.37. The van der Waals surface area contributed by atoms with Crippen LogP contribution in [0.2, 0.25) is 0 Å². The summed E-state index contributed by atoms with van der Waals surface area (Å²) in [5, 5.41) is 5.30. The third-order valence-electron chi connectivity index (χ3n) is 4.43. The summed E-state index contributed by atoms with van der Waals surface area (Å²) in [5.41, 5.74) is 4.29. The summed E-state index contributed by atoms with van der Waals surface area (Å²) >= 11 is 1.67. The molecule has 1 aliphatic heterocycles. The minimum Gasteiger partial charge on any atom is -0.367 e. The maximum absolute atomic E-state index is 11.7. The van der Waals surface area contributed by atoms with Crippen LogP contribution in [0.4, 0.5) is 5.69 Å². The zero-order valence-electron chi connectivity index (χ0n) is 13.3. The van der Waals surface area contributed by atoms with Crippen LogP contribution in [0.3, 0.4) is 0 Å². The highest BCUT2D eigenvalue weighted by molar-refractivity contribution is 7.88. The minimum atomic E-state index is -3.12. The van der Waals surface area contributed by atoms with Crippen molar-refractivity contribution in [1.82, 2.24) is 14.3 Å². The monoisotopic (exact) mass is 362 g/mol. The van der Waals surface area contributed by atoms with E-state index in [1.807, 2.05) is 18.5 Å². The number of aromatic amines is 1. The first-order chi connectivity index (χ1) is 11.5. The molecule has 6 nitrogen and oxygen atoms in total. The van der Waals surface area contributed by atoms with Gasteiger partial charge < -0.3 is 9.88 Å². The second-order valence-corrected chi connectivity index (χ2v) is 8.68. The lowest BCUT2D eigenvalue weighted by atomic mass is 10.1. The van der Waals surface area contributed by atoms with E-state index in [0.717, 1.165) is 22.3 Å². The summed E-state index contributed by atoms with van der Waals surface area (Å²) in [6, 6.07) is 4.15. The first-order valence-corrected chi connectivity index (χ1v) is 10.5. The normalized spacial score (nSPS) is 16.8. The Bertz CT molecular complexity index is 955. The quantitative estimate of drug-likeness (QED) is 0.777. The first-order valence-electron chi connectivity index (χ1n) is 7.73. The molecule has 0 amide bonds. The van der Waals surface area contributed by atoms with Gasteiger partial charge in [0.15, 0.2) is 0 Å². The van der Waals surface area contributed by atoms with Gasteiger partial charge in [-0.05, 0) is 34.0 Å². The van der Waals surface area contributed by atoms with Gasteiger partial charge >= 0.3 is 0 Å². The highest BCUT2D eigenvalue weighted by atomic mass is 32.2. The van der Waals surface area contributed by atoms with Gasteiger partial charge in [-0.25, -0.2) is 13.4 Å². The lowest BCUT2D eigenvalue weighted by Gasteiger charge is -2.34. The number of hydrogen-bond acceptors (Lipinski definition) is 5. The summed E-state index contributed by atoms with van der Waals surface area (Å²) in [6.45, 7) is 2.38. The molecule has 8 heteroatoms. The van der Waals surface area contributed by atoms with E-state index in [-0.39, 0.29) is 0 Å². The Morgan fingerprint density at radius 3 is 2.67 bits per heavy atom. The van der Waals surface area contributed by atoms with Gasteiger partial charge in [0.25, 0.3) is 0 Å². The van der Waals surface area contributed by atoms with Gasteiger partial charge in [-0.3, -0.25) is 0 Å². The number of sulfonamides is 1. The molecule has 0 atom stereocenters. The number of aromatic nitrogens is 2. The van der Waals surface area contributed by atoms with Gasteiger partial charge in [-0.1, -0.05) is 0 Å². The van der Waals surface area contributed by atoms with Crippen LogP contribution in [0, 0.1) is 0 Å². The Hall–Kier alpha value is -1.90. The Kier molecular flexibility index (Phi) is 3.82. The average Bonchev–Trinajstić information content (AvgIpc) is 3.23. The number of fused-ring (bicyclic) bond motifs is 1. The molecular weight excluding hydrogens is 344 g/mol. The maximum Gasteiger partial charge on any atom is 0.211 e. The molecule has 0 bridgehead atoms. The van der Waals surface area contributed by atoms with Crippen LogP contribution in [-0.2, 0) is 10.0 Å². The van der Waals surface area contributed by atoms with Crippen LogP contribution in [0.1, 0.15) is 0 Å². The van der Waals surface area contributed by atoms with Crippen LogP contribution in [-0.4, -0.2) is 55.1 Å². The number of H-pyrrole nitrogens is 1. The van der Waals surface area contributed by atoms with Gasteiger partial charge in [0.2, 0.25) is 10.0 Å². The summed E-state index contributed by atoms with van der Waals surface area (Å²) in [5.74, 6) is 0. The van der Waals surface area contributed by atoms with Crippen LogP contribution in [0.25, 0.3) is 22.2 Å². The van der Waals surface area contributed by atoms with Crippen LogP contribution in [0.15, 0.2) is 35.3 Å². The zero-order valence-corrected chi connectivity index (χ0v) is 14.9. The highest BCUT2D eigenvalue weighted by Gasteiger charge is 2.25. The molecule has 0 unspecified atom stereocenters. The van der Waals surface area contributed by atoms with E-state index in [1.165, 1.54) is 16.1 Å². The first kappa shape index (κ1) is 15.6. The van der Waals surface area contributed by atoms with Crippen molar-refractivity contribution in [2.24, 2.45) is 0 Å². The smallest absolute Gasteiger partial charge is 0.211 e. The second kappa shape index (κ2) is 5.87. The Balaban J connectivity index is 1.71. The van der Waals surface area contributed by atoms with Crippen molar-refractivity contribution in [3.63, 3.8) is 0 Å². The lowest BCUT2D eigenvalue weighted by Crippen LogP contribution is -2.48. The zero-order chi connectivity index (χ0) is 16.7. The standard InChI is InChI=1S/C16H18N4O2S2/c1-24(21,22)20-7-5-19(6-8-20)14-10-18-16-15(14)13(2-4-17-16)12-3-9-23-11-12/h2-4,9-11H,5-8H2,1H3,(H,17,18). The van der Waals surface area contributed by atoms with Crippen molar-refractivity contribution in [2.45, 2.75) is 0 Å². The number of hydrogen-bond donors (Lipinski definition) is 1. The number of nitrogens with one attached hydrogen (secondary N) is 1. The molecule has 0 aromatic carbocycles. The molecule has 1 aliphatic rings. The van der Waals surface area contributed by atoms with Crippen molar-refractivity contribution >= 4 is 38.1 Å². The van der Waals surface area contributed by atoms with Gasteiger partial charge in [0.1, 0.15) is 5.65 Å². The van der Waals surface area contributed by atoms with E-state index in [9.17, 15) is 8.42 Å². The van der Waals surface area contributed by atoms with Crippen LogP contribution < -0.4 is 4.90 Å². The lowest BCUT2D eigenvalue weighted by molar-refractivity contribution is 0.388. The van der Waals surface area contributed by atoms with Crippen molar-refractivity contribution in [3.8, 4) is 11.1 Å². The van der Waals surface area contributed by atoms with Crippen LogP contribution in [0.5, 0.6) is 0 Å². The minimum absolute atomic E-state index is 0.513. The summed E-state index contributed by atoms with van der Waals surface area (Å²) in [7, 11) is -3.12. The molecule has 0 saturated carbocycles. The molecule has 1 fully saturated rings. The highest BCUT2D eigenvalue weighted by Crippen LogP contribution is 2.36. The molecule has 1 N–H and O–H groups in total. The van der Waals surface area contributed by atoms with Gasteiger partial charge in [0, 0.05) is 44.0 Å². The summed E-state index contributed by atoms with van der Waals surface area (Å²) in [4.78, 5) is 9.92. The molecule has 4 heterocycles. The second-order valence-electron chi connectivity index (χ2n) is 5.92. The maximum atomic E-state index is 11.7. The van der Waals surface area contributed by atoms with Crippen molar-refractivity contribution < 1.29 is 8.42 Å². The van der Waals surface area contributed by atoms with Crippen molar-refractivity contribution in [2.75, 3.05) is 37.3 Å². The van der Waals surface area contributed by atoms with E-state index in [2.05, 4.69) is 31.7 Å². The summed E-state index contributed by atoms with van der Waals surface area (Å²) < 4.78 is 24.9. The largest absolute Gasteiger partial charge is 0.367 e. The van der Waals surface area contributed by atoms with E-state index in [1.54, 1.807) is 11.3 Å². The molecule has 4 rings (SSSR count). The van der Waals surface area contributed by atoms with E-state index >= 15 is 0 Å². The number of piperazine rings is 1. The number of pyridine rings is 1. The van der Waals surface area contributed by atoms with Gasteiger partial charge in [0.05, 0.1) is 11.9 Å². The van der Waals surface area contributed by atoms with E-state index in [4.69, 9.17) is 0 Å². The molecule has 24 heavy (non-hydrogen) atoms. The fourth-order valence-electron chi connectivity index (χ4n) is 3.21. The topological polar surface area (TPSA) is 69.3 Å². The fourth-order valence-corrected chi connectivity index (χ4v) is 4.69. The van der Waals surface area contributed by atoms with Crippen molar-refractivity contribution in [3.05, 3.63) is 35.3 Å². The predicted molar refractivity (Wildman–Crippen MR) is 98.0 cm³/mol. The van der Waals surface area contributed by atoms with Gasteiger partial charge in [-0.15, -0.1) is 0 Å². The Labute approximate surface area is 144 Å². The fraction of sp³-hybridized carbons (Fsp3) is 0.312.